The molecule has 0 aromatic carbocycles. The molecule has 9 nitrogen and oxygen atoms in total. The van der Waals surface area contributed by atoms with Gasteiger partial charge in [-0.05, 0) is 26.2 Å². The van der Waals surface area contributed by atoms with E-state index in [-0.39, 0.29) is 12.0 Å². The van der Waals surface area contributed by atoms with Crippen molar-refractivity contribution >= 4 is 5.91 Å². The Morgan fingerprint density at radius 3 is 2.96 bits per heavy atom. The zero-order chi connectivity index (χ0) is 17.2. The Bertz CT molecular complexity index is 738. The van der Waals surface area contributed by atoms with Crippen molar-refractivity contribution in [1.29, 1.82) is 0 Å². The topological polar surface area (TPSA) is 110 Å². The molecule has 4 rings (SSSR count). The average molecular weight is 346 g/mol. The second-order valence-electron chi connectivity index (χ2n) is 6.65. The van der Waals surface area contributed by atoms with Gasteiger partial charge in [0.25, 0.3) is 0 Å². The van der Waals surface area contributed by atoms with Crippen molar-refractivity contribution in [2.75, 3.05) is 19.7 Å². The molecular formula is C16H22N6O3. The molecule has 0 radical (unpaired) electrons. The number of rotatable bonds is 6. The lowest BCUT2D eigenvalue weighted by Gasteiger charge is -2.31. The third kappa shape index (κ3) is 3.87. The van der Waals surface area contributed by atoms with Crippen LogP contribution in [0.5, 0.6) is 0 Å². The first-order chi connectivity index (χ1) is 12.2. The molecular weight excluding hydrogens is 324 g/mol. The second kappa shape index (κ2) is 6.91. The molecule has 2 aliphatic rings. The van der Waals surface area contributed by atoms with Crippen molar-refractivity contribution in [3.8, 4) is 0 Å². The fraction of sp³-hybridized carbons (Fsp3) is 0.688. The molecule has 2 aromatic rings. The highest BCUT2D eigenvalue weighted by molar-refractivity contribution is 5.76. The predicted molar refractivity (Wildman–Crippen MR) is 85.6 cm³/mol. The van der Waals surface area contributed by atoms with Gasteiger partial charge in [-0.3, -0.25) is 9.89 Å². The molecule has 25 heavy (non-hydrogen) atoms. The number of aryl methyl sites for hydroxylation is 2. The van der Waals surface area contributed by atoms with E-state index in [0.717, 1.165) is 24.5 Å². The third-order valence-electron chi connectivity index (χ3n) is 4.53. The number of carbonyl (C=O) groups excluding carboxylic acids is 1. The fourth-order valence-electron chi connectivity index (χ4n) is 2.96. The van der Waals surface area contributed by atoms with Gasteiger partial charge < -0.3 is 14.2 Å². The van der Waals surface area contributed by atoms with E-state index in [1.54, 1.807) is 0 Å². The molecule has 1 aliphatic carbocycles. The molecule has 0 spiro atoms. The highest BCUT2D eigenvalue weighted by Gasteiger charge is 2.29. The van der Waals surface area contributed by atoms with E-state index in [4.69, 9.17) is 9.26 Å². The SMILES string of the molecule is Cc1nc(C2CN(C(=O)CCCc3nc(C4CC4)no3)CCO2)n[nH]1. The Morgan fingerprint density at radius 2 is 2.20 bits per heavy atom. The van der Waals surface area contributed by atoms with E-state index in [2.05, 4.69) is 25.3 Å². The van der Waals surface area contributed by atoms with Crippen molar-refractivity contribution < 1.29 is 14.1 Å². The van der Waals surface area contributed by atoms with E-state index in [1.165, 1.54) is 0 Å². The van der Waals surface area contributed by atoms with Crippen molar-refractivity contribution in [2.24, 2.45) is 0 Å². The van der Waals surface area contributed by atoms with Gasteiger partial charge in [0.15, 0.2) is 11.6 Å². The number of morpholine rings is 1. The van der Waals surface area contributed by atoms with Crippen molar-refractivity contribution in [1.82, 2.24) is 30.2 Å². The molecule has 2 fully saturated rings. The molecule has 1 saturated heterocycles. The van der Waals surface area contributed by atoms with E-state index in [0.29, 0.717) is 56.6 Å². The number of nitrogens with zero attached hydrogens (tertiary/aromatic N) is 5. The minimum atomic E-state index is -0.264. The summed E-state index contributed by atoms with van der Waals surface area (Å²) in [5, 5.41) is 10.9. The van der Waals surface area contributed by atoms with Gasteiger partial charge in [-0.25, -0.2) is 4.98 Å². The van der Waals surface area contributed by atoms with Gasteiger partial charge in [0, 0.05) is 25.3 Å². The van der Waals surface area contributed by atoms with Crippen molar-refractivity contribution in [3.05, 3.63) is 23.4 Å². The molecule has 0 bridgehead atoms. The minimum absolute atomic E-state index is 0.113. The van der Waals surface area contributed by atoms with E-state index in [9.17, 15) is 4.79 Å². The summed E-state index contributed by atoms with van der Waals surface area (Å²) >= 11 is 0. The van der Waals surface area contributed by atoms with Gasteiger partial charge >= 0.3 is 0 Å². The normalized spacial score (nSPS) is 20.8. The quantitative estimate of drug-likeness (QED) is 0.839. The predicted octanol–water partition coefficient (Wildman–Crippen LogP) is 1.30. The summed E-state index contributed by atoms with van der Waals surface area (Å²) in [6.07, 6.45) is 3.84. The van der Waals surface area contributed by atoms with Crippen LogP contribution in [0.15, 0.2) is 4.52 Å². The standard InChI is InChI=1S/C16H22N6O3/c1-10-17-16(20-19-10)12-9-22(7-8-24-12)14(23)4-2-3-13-18-15(21-25-13)11-5-6-11/h11-12H,2-9H2,1H3,(H,17,19,20). The first-order valence-corrected chi connectivity index (χ1v) is 8.80. The van der Waals surface area contributed by atoms with Crippen LogP contribution in [-0.4, -0.2) is 55.8 Å². The molecule has 1 saturated carbocycles. The van der Waals surface area contributed by atoms with Crippen LogP contribution >= 0.6 is 0 Å². The van der Waals surface area contributed by atoms with Crippen LogP contribution in [0, 0.1) is 6.92 Å². The van der Waals surface area contributed by atoms with Crippen LogP contribution in [0.3, 0.4) is 0 Å². The number of hydrogen-bond acceptors (Lipinski definition) is 7. The monoisotopic (exact) mass is 346 g/mol. The summed E-state index contributed by atoms with van der Waals surface area (Å²) in [5.41, 5.74) is 0. The van der Waals surface area contributed by atoms with Gasteiger partial charge in [-0.2, -0.15) is 10.1 Å². The lowest BCUT2D eigenvalue weighted by Crippen LogP contribution is -2.42. The van der Waals surface area contributed by atoms with Gasteiger partial charge in [0.2, 0.25) is 11.8 Å². The van der Waals surface area contributed by atoms with Gasteiger partial charge in [-0.1, -0.05) is 5.16 Å². The van der Waals surface area contributed by atoms with Crippen LogP contribution in [0.25, 0.3) is 0 Å². The maximum absolute atomic E-state index is 12.4. The molecule has 3 heterocycles. The molecule has 1 unspecified atom stereocenters. The minimum Gasteiger partial charge on any atom is -0.366 e. The summed E-state index contributed by atoms with van der Waals surface area (Å²) in [7, 11) is 0. The van der Waals surface area contributed by atoms with Crippen LogP contribution in [0.4, 0.5) is 0 Å². The van der Waals surface area contributed by atoms with Crippen molar-refractivity contribution in [3.63, 3.8) is 0 Å². The molecule has 1 amide bonds. The van der Waals surface area contributed by atoms with Crippen LogP contribution < -0.4 is 0 Å². The Labute approximate surface area is 145 Å². The molecule has 1 N–H and O–H groups in total. The zero-order valence-corrected chi connectivity index (χ0v) is 14.3. The highest BCUT2D eigenvalue weighted by Crippen LogP contribution is 2.38. The molecule has 2 aromatic heterocycles. The number of ether oxygens (including phenoxy) is 1. The maximum Gasteiger partial charge on any atom is 0.226 e. The number of nitrogens with one attached hydrogen (secondary N) is 1. The summed E-state index contributed by atoms with van der Waals surface area (Å²) in [5.74, 6) is 3.40. The summed E-state index contributed by atoms with van der Waals surface area (Å²) in [4.78, 5) is 23.0. The summed E-state index contributed by atoms with van der Waals surface area (Å²) in [6, 6.07) is 0. The van der Waals surface area contributed by atoms with Gasteiger partial charge in [0.1, 0.15) is 11.9 Å². The van der Waals surface area contributed by atoms with Crippen molar-refractivity contribution in [2.45, 2.75) is 51.0 Å². The number of aromatic nitrogens is 5. The van der Waals surface area contributed by atoms with E-state index in [1.807, 2.05) is 11.8 Å². The fourth-order valence-corrected chi connectivity index (χ4v) is 2.96. The lowest BCUT2D eigenvalue weighted by molar-refractivity contribution is -0.139. The molecule has 134 valence electrons. The summed E-state index contributed by atoms with van der Waals surface area (Å²) < 4.78 is 10.9. The highest BCUT2D eigenvalue weighted by atomic mass is 16.5. The zero-order valence-electron chi connectivity index (χ0n) is 14.3. The van der Waals surface area contributed by atoms with E-state index < -0.39 is 0 Å². The Balaban J connectivity index is 1.25. The number of H-pyrrole nitrogens is 1. The lowest BCUT2D eigenvalue weighted by atomic mass is 10.2. The third-order valence-corrected chi connectivity index (χ3v) is 4.53. The number of carbonyl (C=O) groups is 1. The molecule has 9 heteroatoms. The number of hydrogen-bond donors (Lipinski definition) is 1. The largest absolute Gasteiger partial charge is 0.366 e. The first-order valence-electron chi connectivity index (χ1n) is 8.80. The van der Waals surface area contributed by atoms with Gasteiger partial charge in [0.05, 0.1) is 13.2 Å². The number of amides is 1. The summed E-state index contributed by atoms with van der Waals surface area (Å²) in [6.45, 7) is 3.43. The molecule has 1 aliphatic heterocycles. The molecule has 1 atom stereocenters. The van der Waals surface area contributed by atoms with Crippen LogP contribution in [0.2, 0.25) is 0 Å². The average Bonchev–Trinajstić information content (AvgIpc) is 3.21. The first kappa shape index (κ1) is 16.2. The second-order valence-corrected chi connectivity index (χ2v) is 6.65. The van der Waals surface area contributed by atoms with Crippen LogP contribution in [0.1, 0.15) is 61.1 Å². The van der Waals surface area contributed by atoms with Gasteiger partial charge in [-0.15, -0.1) is 0 Å². The van der Waals surface area contributed by atoms with E-state index >= 15 is 0 Å². The number of aromatic amines is 1. The Hall–Kier alpha value is -2.29. The Kier molecular flexibility index (Phi) is 4.48. The maximum atomic E-state index is 12.4. The Morgan fingerprint density at radius 1 is 1.32 bits per heavy atom. The van der Waals surface area contributed by atoms with Crippen LogP contribution in [-0.2, 0) is 16.0 Å². The smallest absolute Gasteiger partial charge is 0.226 e.